The maximum absolute atomic E-state index is 5.91. The SMILES string of the molecule is CCC1CCCC(c2noc(CC3(CN)CCC3)n2)C1. The highest BCUT2D eigenvalue weighted by atomic mass is 16.5. The van der Waals surface area contributed by atoms with Gasteiger partial charge in [0.15, 0.2) is 5.82 Å². The molecular weight excluding hydrogens is 250 g/mol. The van der Waals surface area contributed by atoms with Gasteiger partial charge >= 0.3 is 0 Å². The quantitative estimate of drug-likeness (QED) is 0.895. The molecule has 2 atom stereocenters. The maximum Gasteiger partial charge on any atom is 0.227 e. The van der Waals surface area contributed by atoms with Crippen molar-refractivity contribution in [1.82, 2.24) is 10.1 Å². The molecule has 0 bridgehead atoms. The smallest absolute Gasteiger partial charge is 0.227 e. The van der Waals surface area contributed by atoms with Crippen LogP contribution < -0.4 is 5.73 Å². The predicted molar refractivity (Wildman–Crippen MR) is 78.3 cm³/mol. The molecule has 2 saturated carbocycles. The van der Waals surface area contributed by atoms with E-state index in [9.17, 15) is 0 Å². The summed E-state index contributed by atoms with van der Waals surface area (Å²) in [6.07, 6.45) is 11.0. The van der Waals surface area contributed by atoms with Crippen molar-refractivity contribution in [2.75, 3.05) is 6.54 Å². The van der Waals surface area contributed by atoms with Crippen LogP contribution in [0.2, 0.25) is 0 Å². The highest BCUT2D eigenvalue weighted by molar-refractivity contribution is 5.02. The fourth-order valence-corrected chi connectivity index (χ4v) is 3.85. The lowest BCUT2D eigenvalue weighted by Crippen LogP contribution is -2.39. The van der Waals surface area contributed by atoms with E-state index in [0.29, 0.717) is 5.92 Å². The van der Waals surface area contributed by atoms with Crippen molar-refractivity contribution >= 4 is 0 Å². The van der Waals surface area contributed by atoms with Gasteiger partial charge in [-0.25, -0.2) is 0 Å². The number of hydrogen-bond acceptors (Lipinski definition) is 4. The Balaban J connectivity index is 1.64. The molecule has 2 N–H and O–H groups in total. The largest absolute Gasteiger partial charge is 0.339 e. The molecule has 1 aromatic rings. The van der Waals surface area contributed by atoms with Crippen molar-refractivity contribution in [3.63, 3.8) is 0 Å². The molecule has 0 spiro atoms. The van der Waals surface area contributed by atoms with E-state index in [1.807, 2.05) is 0 Å². The van der Waals surface area contributed by atoms with E-state index in [1.54, 1.807) is 0 Å². The molecule has 0 saturated heterocycles. The van der Waals surface area contributed by atoms with Gasteiger partial charge in [0.2, 0.25) is 5.89 Å². The Morgan fingerprint density at radius 2 is 2.15 bits per heavy atom. The van der Waals surface area contributed by atoms with E-state index >= 15 is 0 Å². The van der Waals surface area contributed by atoms with E-state index in [0.717, 1.165) is 30.6 Å². The topological polar surface area (TPSA) is 64.9 Å². The highest BCUT2D eigenvalue weighted by Gasteiger charge is 2.37. The fraction of sp³-hybridized carbons (Fsp3) is 0.875. The number of aromatic nitrogens is 2. The van der Waals surface area contributed by atoms with Crippen molar-refractivity contribution in [2.24, 2.45) is 17.1 Å². The summed E-state index contributed by atoms with van der Waals surface area (Å²) in [6, 6.07) is 0. The first-order valence-electron chi connectivity index (χ1n) is 8.27. The third-order valence-corrected chi connectivity index (χ3v) is 5.58. The Labute approximate surface area is 121 Å². The van der Waals surface area contributed by atoms with Gasteiger partial charge in [0.1, 0.15) is 0 Å². The summed E-state index contributed by atoms with van der Waals surface area (Å²) in [4.78, 5) is 4.68. The van der Waals surface area contributed by atoms with Crippen LogP contribution in [0.15, 0.2) is 4.52 Å². The number of rotatable bonds is 5. The van der Waals surface area contributed by atoms with E-state index in [1.165, 1.54) is 51.4 Å². The molecule has 1 aromatic heterocycles. The van der Waals surface area contributed by atoms with E-state index in [-0.39, 0.29) is 5.41 Å². The second-order valence-electron chi connectivity index (χ2n) is 6.92. The van der Waals surface area contributed by atoms with Crippen LogP contribution in [0.5, 0.6) is 0 Å². The Morgan fingerprint density at radius 3 is 2.80 bits per heavy atom. The number of hydrogen-bond donors (Lipinski definition) is 1. The second kappa shape index (κ2) is 5.84. The lowest BCUT2D eigenvalue weighted by molar-refractivity contribution is 0.129. The summed E-state index contributed by atoms with van der Waals surface area (Å²) in [6.45, 7) is 3.03. The summed E-state index contributed by atoms with van der Waals surface area (Å²) >= 11 is 0. The van der Waals surface area contributed by atoms with Crippen LogP contribution in [0.3, 0.4) is 0 Å². The molecular formula is C16H27N3O. The standard InChI is InChI=1S/C16H27N3O/c1-2-12-5-3-6-13(9-12)15-18-14(20-19-15)10-16(11-17)7-4-8-16/h12-13H,2-11,17H2,1H3. The molecule has 3 rings (SSSR count). The van der Waals surface area contributed by atoms with Crippen LogP contribution in [0, 0.1) is 11.3 Å². The normalized spacial score (nSPS) is 29.1. The summed E-state index contributed by atoms with van der Waals surface area (Å²) in [7, 11) is 0. The molecule has 2 unspecified atom stereocenters. The van der Waals surface area contributed by atoms with Gasteiger partial charge < -0.3 is 10.3 Å². The zero-order valence-electron chi connectivity index (χ0n) is 12.6. The molecule has 2 aliphatic carbocycles. The molecule has 0 aromatic carbocycles. The molecule has 0 aliphatic heterocycles. The van der Waals surface area contributed by atoms with Crippen molar-refractivity contribution in [3.05, 3.63) is 11.7 Å². The van der Waals surface area contributed by atoms with Gasteiger partial charge in [0, 0.05) is 12.3 Å². The summed E-state index contributed by atoms with van der Waals surface area (Å²) < 4.78 is 5.50. The molecule has 0 amide bonds. The van der Waals surface area contributed by atoms with E-state index in [2.05, 4.69) is 17.1 Å². The molecule has 4 heteroatoms. The van der Waals surface area contributed by atoms with Crippen LogP contribution >= 0.6 is 0 Å². The fourth-order valence-electron chi connectivity index (χ4n) is 3.85. The first-order valence-corrected chi connectivity index (χ1v) is 8.27. The van der Waals surface area contributed by atoms with Crippen LogP contribution in [0.1, 0.15) is 75.9 Å². The van der Waals surface area contributed by atoms with Crippen molar-refractivity contribution in [1.29, 1.82) is 0 Å². The minimum Gasteiger partial charge on any atom is -0.339 e. The van der Waals surface area contributed by atoms with Crippen molar-refractivity contribution in [2.45, 2.75) is 70.6 Å². The van der Waals surface area contributed by atoms with Crippen LogP contribution in [-0.2, 0) is 6.42 Å². The molecule has 4 nitrogen and oxygen atoms in total. The number of nitrogens with zero attached hydrogens (tertiary/aromatic N) is 2. The average molecular weight is 277 g/mol. The Hall–Kier alpha value is -0.900. The van der Waals surface area contributed by atoms with Crippen LogP contribution in [-0.4, -0.2) is 16.7 Å². The van der Waals surface area contributed by atoms with E-state index < -0.39 is 0 Å². The van der Waals surface area contributed by atoms with Gasteiger partial charge in [-0.3, -0.25) is 0 Å². The summed E-state index contributed by atoms with van der Waals surface area (Å²) in [5, 5.41) is 4.26. The number of nitrogens with two attached hydrogens (primary N) is 1. The third-order valence-electron chi connectivity index (χ3n) is 5.58. The maximum atomic E-state index is 5.91. The van der Waals surface area contributed by atoms with Gasteiger partial charge in [0.25, 0.3) is 0 Å². The minimum atomic E-state index is 0.252. The zero-order chi connectivity index (χ0) is 14.0. The molecule has 2 aliphatic rings. The van der Waals surface area contributed by atoms with Crippen molar-refractivity contribution < 1.29 is 4.52 Å². The Bertz CT molecular complexity index is 433. The summed E-state index contributed by atoms with van der Waals surface area (Å²) in [5.41, 5.74) is 6.16. The van der Waals surface area contributed by atoms with Crippen LogP contribution in [0.25, 0.3) is 0 Å². The van der Waals surface area contributed by atoms with E-state index in [4.69, 9.17) is 10.3 Å². The first-order chi connectivity index (χ1) is 9.74. The molecule has 112 valence electrons. The molecule has 2 fully saturated rings. The average Bonchev–Trinajstić information content (AvgIpc) is 2.91. The Kier molecular flexibility index (Phi) is 4.11. The molecule has 20 heavy (non-hydrogen) atoms. The second-order valence-corrected chi connectivity index (χ2v) is 6.92. The lowest BCUT2D eigenvalue weighted by atomic mass is 9.67. The summed E-state index contributed by atoms with van der Waals surface area (Å²) in [5.74, 6) is 3.12. The minimum absolute atomic E-state index is 0.252. The lowest BCUT2D eigenvalue weighted by Gasteiger charge is -2.39. The molecule has 0 radical (unpaired) electrons. The van der Waals surface area contributed by atoms with Crippen LogP contribution in [0.4, 0.5) is 0 Å². The Morgan fingerprint density at radius 1 is 1.30 bits per heavy atom. The monoisotopic (exact) mass is 277 g/mol. The predicted octanol–water partition coefficient (Wildman–Crippen LogP) is 3.42. The van der Waals surface area contributed by atoms with Gasteiger partial charge in [-0.2, -0.15) is 4.98 Å². The third kappa shape index (κ3) is 2.76. The first kappa shape index (κ1) is 14.1. The highest BCUT2D eigenvalue weighted by Crippen LogP contribution is 2.43. The van der Waals surface area contributed by atoms with Gasteiger partial charge in [-0.05, 0) is 43.6 Å². The van der Waals surface area contributed by atoms with Crippen molar-refractivity contribution in [3.8, 4) is 0 Å². The zero-order valence-corrected chi connectivity index (χ0v) is 12.6. The van der Waals surface area contributed by atoms with Gasteiger partial charge in [0.05, 0.1) is 0 Å². The van der Waals surface area contributed by atoms with Gasteiger partial charge in [-0.15, -0.1) is 0 Å². The van der Waals surface area contributed by atoms with Gasteiger partial charge in [-0.1, -0.05) is 37.8 Å². The molecule has 1 heterocycles.